The van der Waals surface area contributed by atoms with Crippen LogP contribution in [0.4, 0.5) is 10.8 Å². The van der Waals surface area contributed by atoms with Gasteiger partial charge < -0.3 is 11.1 Å². The molecule has 1 heterocycles. The fourth-order valence-electron chi connectivity index (χ4n) is 2.26. The molecule has 0 unspecified atom stereocenters. The molecule has 0 aliphatic rings. The summed E-state index contributed by atoms with van der Waals surface area (Å²) in [5.74, 6) is -0.122. The molecule has 0 atom stereocenters. The molecule has 23 heavy (non-hydrogen) atoms. The van der Waals surface area contributed by atoms with E-state index < -0.39 is 0 Å². The number of carbonyl (C=O) groups is 1. The van der Waals surface area contributed by atoms with Gasteiger partial charge in [0, 0.05) is 22.2 Å². The Bertz CT molecular complexity index is 870. The van der Waals surface area contributed by atoms with Crippen LogP contribution in [0.3, 0.4) is 0 Å². The van der Waals surface area contributed by atoms with E-state index in [-0.39, 0.29) is 5.91 Å². The van der Waals surface area contributed by atoms with E-state index in [1.165, 1.54) is 16.9 Å². The van der Waals surface area contributed by atoms with Crippen LogP contribution >= 0.6 is 11.3 Å². The van der Waals surface area contributed by atoms with Crippen molar-refractivity contribution in [3.8, 4) is 11.3 Å². The molecule has 3 N–H and O–H groups in total. The Hall–Kier alpha value is -2.66. The summed E-state index contributed by atoms with van der Waals surface area (Å²) in [6.45, 7) is 4.03. The smallest absolute Gasteiger partial charge is 0.255 e. The summed E-state index contributed by atoms with van der Waals surface area (Å²) in [5.41, 5.74) is 11.1. The van der Waals surface area contributed by atoms with Crippen LogP contribution in [0.5, 0.6) is 0 Å². The largest absolute Gasteiger partial charge is 0.375 e. The van der Waals surface area contributed by atoms with Gasteiger partial charge in [0.05, 0.1) is 5.69 Å². The third-order valence-electron chi connectivity index (χ3n) is 3.71. The average Bonchev–Trinajstić information content (AvgIpc) is 2.97. The Morgan fingerprint density at radius 1 is 1.13 bits per heavy atom. The van der Waals surface area contributed by atoms with Crippen molar-refractivity contribution in [2.45, 2.75) is 13.8 Å². The second-order valence-corrected chi connectivity index (χ2v) is 6.29. The maximum atomic E-state index is 12.4. The lowest BCUT2D eigenvalue weighted by molar-refractivity contribution is 0.102. The number of nitrogen functional groups attached to an aromatic ring is 1. The summed E-state index contributed by atoms with van der Waals surface area (Å²) in [6, 6.07) is 13.3. The van der Waals surface area contributed by atoms with E-state index in [2.05, 4.69) is 10.3 Å². The van der Waals surface area contributed by atoms with Crippen molar-refractivity contribution < 1.29 is 4.79 Å². The van der Waals surface area contributed by atoms with Crippen molar-refractivity contribution in [1.82, 2.24) is 4.98 Å². The second-order valence-electron chi connectivity index (χ2n) is 5.40. The Balaban J connectivity index is 1.82. The molecule has 0 aliphatic carbocycles. The van der Waals surface area contributed by atoms with Crippen molar-refractivity contribution >= 4 is 28.1 Å². The normalized spacial score (nSPS) is 10.5. The van der Waals surface area contributed by atoms with Crippen molar-refractivity contribution in [2.75, 3.05) is 11.1 Å². The monoisotopic (exact) mass is 323 g/mol. The number of nitrogens with two attached hydrogens (primary N) is 1. The lowest BCUT2D eigenvalue weighted by Gasteiger charge is -2.08. The SMILES string of the molecule is Cc1ccc(C(=O)Nc2cccc(-c3csc(N)n3)c2)cc1C. The Morgan fingerprint density at radius 3 is 2.65 bits per heavy atom. The predicted octanol–water partition coefficient (Wildman–Crippen LogP) is 4.26. The van der Waals surface area contributed by atoms with E-state index in [1.807, 2.05) is 61.7 Å². The summed E-state index contributed by atoms with van der Waals surface area (Å²) in [5, 5.41) is 5.36. The maximum absolute atomic E-state index is 12.4. The van der Waals surface area contributed by atoms with Gasteiger partial charge >= 0.3 is 0 Å². The van der Waals surface area contributed by atoms with E-state index in [1.54, 1.807) is 0 Å². The standard InChI is InChI=1S/C18H17N3OS/c1-11-6-7-14(8-12(11)2)17(22)20-15-5-3-4-13(9-15)16-10-23-18(19)21-16/h3-10H,1-2H3,(H2,19,21)(H,20,22). The van der Waals surface area contributed by atoms with Crippen LogP contribution in [0.2, 0.25) is 0 Å². The number of anilines is 2. The molecule has 0 radical (unpaired) electrons. The third-order valence-corrected chi connectivity index (χ3v) is 4.38. The van der Waals surface area contributed by atoms with Gasteiger partial charge in [-0.1, -0.05) is 18.2 Å². The fraction of sp³-hybridized carbons (Fsp3) is 0.111. The zero-order valence-electron chi connectivity index (χ0n) is 13.0. The van der Waals surface area contributed by atoms with E-state index in [0.29, 0.717) is 10.7 Å². The van der Waals surface area contributed by atoms with Gasteiger partial charge in [0.25, 0.3) is 5.91 Å². The first-order valence-electron chi connectivity index (χ1n) is 7.23. The van der Waals surface area contributed by atoms with Gasteiger partial charge in [-0.05, 0) is 49.2 Å². The van der Waals surface area contributed by atoms with Gasteiger partial charge in [0.1, 0.15) is 0 Å². The van der Waals surface area contributed by atoms with Gasteiger partial charge in [-0.25, -0.2) is 4.98 Å². The van der Waals surface area contributed by atoms with Crippen LogP contribution in [-0.4, -0.2) is 10.9 Å². The minimum Gasteiger partial charge on any atom is -0.375 e. The number of rotatable bonds is 3. The summed E-state index contributed by atoms with van der Waals surface area (Å²) >= 11 is 1.40. The molecular formula is C18H17N3OS. The van der Waals surface area contributed by atoms with Crippen molar-refractivity contribution in [1.29, 1.82) is 0 Å². The number of hydrogen-bond donors (Lipinski definition) is 2. The van der Waals surface area contributed by atoms with E-state index >= 15 is 0 Å². The molecule has 116 valence electrons. The highest BCUT2D eigenvalue weighted by molar-refractivity contribution is 7.13. The van der Waals surface area contributed by atoms with Gasteiger partial charge in [-0.2, -0.15) is 0 Å². The third kappa shape index (κ3) is 3.40. The number of aryl methyl sites for hydroxylation is 2. The molecule has 1 amide bonds. The lowest BCUT2D eigenvalue weighted by Crippen LogP contribution is -2.12. The number of amides is 1. The number of carbonyl (C=O) groups excluding carboxylic acids is 1. The molecule has 3 rings (SSSR count). The van der Waals surface area contributed by atoms with Crippen LogP contribution in [0.1, 0.15) is 21.5 Å². The molecule has 3 aromatic rings. The molecule has 0 saturated heterocycles. The topological polar surface area (TPSA) is 68.0 Å². The van der Waals surface area contributed by atoms with Crippen molar-refractivity contribution in [3.05, 3.63) is 64.5 Å². The van der Waals surface area contributed by atoms with Crippen LogP contribution < -0.4 is 11.1 Å². The summed E-state index contributed by atoms with van der Waals surface area (Å²) in [7, 11) is 0. The zero-order valence-corrected chi connectivity index (χ0v) is 13.8. The molecular weight excluding hydrogens is 306 g/mol. The first kappa shape index (κ1) is 15.2. The molecule has 0 fully saturated rings. The highest BCUT2D eigenvalue weighted by atomic mass is 32.1. The van der Waals surface area contributed by atoms with E-state index in [4.69, 9.17) is 5.73 Å². The number of benzene rings is 2. The summed E-state index contributed by atoms with van der Waals surface area (Å²) < 4.78 is 0. The minimum atomic E-state index is -0.122. The zero-order chi connectivity index (χ0) is 16.4. The summed E-state index contributed by atoms with van der Waals surface area (Å²) in [4.78, 5) is 16.6. The second kappa shape index (κ2) is 6.22. The Morgan fingerprint density at radius 2 is 1.96 bits per heavy atom. The summed E-state index contributed by atoms with van der Waals surface area (Å²) in [6.07, 6.45) is 0. The average molecular weight is 323 g/mol. The van der Waals surface area contributed by atoms with Gasteiger partial charge in [-0.3, -0.25) is 4.79 Å². The molecule has 5 heteroatoms. The number of thiazole rings is 1. The van der Waals surface area contributed by atoms with Gasteiger partial charge in [0.2, 0.25) is 0 Å². The minimum absolute atomic E-state index is 0.122. The Labute approximate surface area is 139 Å². The van der Waals surface area contributed by atoms with Crippen LogP contribution in [0, 0.1) is 13.8 Å². The first-order chi connectivity index (χ1) is 11.0. The number of aromatic nitrogens is 1. The predicted molar refractivity (Wildman–Crippen MR) is 95.8 cm³/mol. The van der Waals surface area contributed by atoms with E-state index in [0.717, 1.165) is 22.5 Å². The Kier molecular flexibility index (Phi) is 4.12. The van der Waals surface area contributed by atoms with Gasteiger partial charge in [0.15, 0.2) is 5.13 Å². The maximum Gasteiger partial charge on any atom is 0.255 e. The molecule has 2 aromatic carbocycles. The van der Waals surface area contributed by atoms with E-state index in [9.17, 15) is 4.79 Å². The highest BCUT2D eigenvalue weighted by Gasteiger charge is 2.09. The highest BCUT2D eigenvalue weighted by Crippen LogP contribution is 2.25. The van der Waals surface area contributed by atoms with Crippen LogP contribution in [0.15, 0.2) is 47.8 Å². The number of nitrogens with zero attached hydrogens (tertiary/aromatic N) is 1. The van der Waals surface area contributed by atoms with Crippen molar-refractivity contribution in [3.63, 3.8) is 0 Å². The quantitative estimate of drug-likeness (QED) is 0.756. The lowest BCUT2D eigenvalue weighted by atomic mass is 10.1. The first-order valence-corrected chi connectivity index (χ1v) is 8.11. The molecule has 0 bridgehead atoms. The van der Waals surface area contributed by atoms with Gasteiger partial charge in [-0.15, -0.1) is 11.3 Å². The molecule has 0 spiro atoms. The molecule has 4 nitrogen and oxygen atoms in total. The molecule has 0 saturated carbocycles. The number of nitrogens with one attached hydrogen (secondary N) is 1. The van der Waals surface area contributed by atoms with Crippen LogP contribution in [0.25, 0.3) is 11.3 Å². The number of hydrogen-bond acceptors (Lipinski definition) is 4. The van der Waals surface area contributed by atoms with Crippen LogP contribution in [-0.2, 0) is 0 Å². The fourth-order valence-corrected chi connectivity index (χ4v) is 2.83. The molecule has 1 aromatic heterocycles. The molecule has 0 aliphatic heterocycles. The van der Waals surface area contributed by atoms with Crippen molar-refractivity contribution in [2.24, 2.45) is 0 Å².